The van der Waals surface area contributed by atoms with Crippen LogP contribution in [0.25, 0.3) is 0 Å². The summed E-state index contributed by atoms with van der Waals surface area (Å²) < 4.78 is 11.0. The first-order valence-electron chi connectivity index (χ1n) is 8.65. The number of aromatic nitrogens is 1. The molecule has 2 aromatic rings. The van der Waals surface area contributed by atoms with Gasteiger partial charge in [0.15, 0.2) is 11.5 Å². The van der Waals surface area contributed by atoms with Crippen molar-refractivity contribution >= 4 is 23.4 Å². The molecule has 1 unspecified atom stereocenters. The number of fused-ring (bicyclic) bond motifs is 1. The van der Waals surface area contributed by atoms with Crippen molar-refractivity contribution in [3.63, 3.8) is 0 Å². The molecule has 0 fully saturated rings. The van der Waals surface area contributed by atoms with Crippen molar-refractivity contribution in [3.8, 4) is 17.6 Å². The molecule has 0 saturated heterocycles. The van der Waals surface area contributed by atoms with Crippen LogP contribution in [0.5, 0.6) is 11.5 Å². The minimum absolute atomic E-state index is 0.168. The standard InChI is InChI=1S/C20H21N3O3S/c1-11-12(2)16(10-21)20(22-13(11)3)27-14(4)19(24)23-15-5-6-17-18(9-15)26-8-7-25-17/h5-6,9,14H,7-8H2,1-4H3,(H,23,24). The van der Waals surface area contributed by atoms with E-state index in [1.807, 2.05) is 20.8 Å². The Morgan fingerprint density at radius 3 is 2.63 bits per heavy atom. The summed E-state index contributed by atoms with van der Waals surface area (Å²) in [7, 11) is 0. The van der Waals surface area contributed by atoms with E-state index in [9.17, 15) is 10.1 Å². The molecule has 0 spiro atoms. The molecular formula is C20H21N3O3S. The molecule has 1 N–H and O–H groups in total. The van der Waals surface area contributed by atoms with E-state index in [2.05, 4.69) is 16.4 Å². The summed E-state index contributed by atoms with van der Waals surface area (Å²) in [5.74, 6) is 1.13. The van der Waals surface area contributed by atoms with Gasteiger partial charge in [0.1, 0.15) is 24.3 Å². The fourth-order valence-electron chi connectivity index (χ4n) is 2.71. The number of anilines is 1. The van der Waals surface area contributed by atoms with Crippen LogP contribution in [0.3, 0.4) is 0 Å². The Labute approximate surface area is 162 Å². The number of amides is 1. The fraction of sp³-hybridized carbons (Fsp3) is 0.350. The number of rotatable bonds is 4. The number of aryl methyl sites for hydroxylation is 1. The maximum absolute atomic E-state index is 12.6. The Morgan fingerprint density at radius 2 is 1.93 bits per heavy atom. The fourth-order valence-corrected chi connectivity index (χ4v) is 3.72. The van der Waals surface area contributed by atoms with Gasteiger partial charge in [0, 0.05) is 17.4 Å². The van der Waals surface area contributed by atoms with Crippen LogP contribution in [0.2, 0.25) is 0 Å². The molecule has 0 saturated carbocycles. The molecule has 0 radical (unpaired) electrons. The summed E-state index contributed by atoms with van der Waals surface area (Å²) in [6.07, 6.45) is 0. The second-order valence-corrected chi connectivity index (χ2v) is 7.68. The minimum atomic E-state index is -0.417. The van der Waals surface area contributed by atoms with Gasteiger partial charge in [-0.15, -0.1) is 0 Å². The molecule has 6 nitrogen and oxygen atoms in total. The topological polar surface area (TPSA) is 84.2 Å². The van der Waals surface area contributed by atoms with E-state index in [1.54, 1.807) is 25.1 Å². The van der Waals surface area contributed by atoms with Crippen molar-refractivity contribution in [1.82, 2.24) is 4.98 Å². The molecule has 1 atom stereocenters. The largest absolute Gasteiger partial charge is 0.486 e. The second kappa shape index (κ2) is 7.89. The summed E-state index contributed by atoms with van der Waals surface area (Å²) >= 11 is 1.29. The van der Waals surface area contributed by atoms with Crippen LogP contribution in [0.1, 0.15) is 29.3 Å². The molecule has 27 heavy (non-hydrogen) atoms. The SMILES string of the molecule is Cc1nc(SC(C)C(=O)Nc2ccc3c(c2)OCCO3)c(C#N)c(C)c1C. The number of thioether (sulfide) groups is 1. The Bertz CT molecular complexity index is 937. The highest BCUT2D eigenvalue weighted by Gasteiger charge is 2.21. The molecule has 1 aromatic heterocycles. The monoisotopic (exact) mass is 383 g/mol. The van der Waals surface area contributed by atoms with Crippen LogP contribution in [-0.2, 0) is 4.79 Å². The summed E-state index contributed by atoms with van der Waals surface area (Å²) in [5, 5.41) is 12.5. The van der Waals surface area contributed by atoms with Gasteiger partial charge in [-0.25, -0.2) is 4.98 Å². The van der Waals surface area contributed by atoms with Crippen LogP contribution in [-0.4, -0.2) is 29.4 Å². The highest BCUT2D eigenvalue weighted by atomic mass is 32.2. The minimum Gasteiger partial charge on any atom is -0.486 e. The van der Waals surface area contributed by atoms with Gasteiger partial charge < -0.3 is 14.8 Å². The van der Waals surface area contributed by atoms with Crippen molar-refractivity contribution in [3.05, 3.63) is 40.6 Å². The van der Waals surface area contributed by atoms with E-state index < -0.39 is 5.25 Å². The van der Waals surface area contributed by atoms with Crippen molar-refractivity contribution in [2.75, 3.05) is 18.5 Å². The van der Waals surface area contributed by atoms with Crippen molar-refractivity contribution < 1.29 is 14.3 Å². The number of hydrogen-bond acceptors (Lipinski definition) is 6. The van der Waals surface area contributed by atoms with Gasteiger partial charge in [-0.2, -0.15) is 5.26 Å². The molecule has 3 rings (SSSR count). The summed E-state index contributed by atoms with van der Waals surface area (Å²) in [5.41, 5.74) is 3.95. The first-order chi connectivity index (χ1) is 12.9. The molecule has 140 valence electrons. The first-order valence-corrected chi connectivity index (χ1v) is 9.53. The number of nitriles is 1. The van der Waals surface area contributed by atoms with Gasteiger partial charge in [0.05, 0.1) is 10.8 Å². The predicted octanol–water partition coefficient (Wildman–Crippen LogP) is 3.77. The van der Waals surface area contributed by atoms with E-state index in [0.717, 1.165) is 16.8 Å². The lowest BCUT2D eigenvalue weighted by Crippen LogP contribution is -2.23. The van der Waals surface area contributed by atoms with Crippen LogP contribution in [0.4, 0.5) is 5.69 Å². The molecule has 7 heteroatoms. The third kappa shape index (κ3) is 4.01. The molecule has 1 aromatic carbocycles. The van der Waals surface area contributed by atoms with E-state index in [-0.39, 0.29) is 5.91 Å². The summed E-state index contributed by atoms with van der Waals surface area (Å²) in [6, 6.07) is 7.53. The van der Waals surface area contributed by atoms with Crippen molar-refractivity contribution in [2.45, 2.75) is 38.0 Å². The van der Waals surface area contributed by atoms with E-state index in [4.69, 9.17) is 9.47 Å². The highest BCUT2D eigenvalue weighted by Crippen LogP contribution is 2.33. The Hall–Kier alpha value is -2.72. The van der Waals surface area contributed by atoms with Gasteiger partial charge in [0.25, 0.3) is 0 Å². The van der Waals surface area contributed by atoms with Gasteiger partial charge >= 0.3 is 0 Å². The van der Waals surface area contributed by atoms with Crippen LogP contribution < -0.4 is 14.8 Å². The number of benzene rings is 1. The number of carbonyl (C=O) groups is 1. The van der Waals surface area contributed by atoms with E-state index in [0.29, 0.717) is 41.0 Å². The third-order valence-electron chi connectivity index (χ3n) is 4.54. The third-order valence-corrected chi connectivity index (χ3v) is 5.63. The maximum atomic E-state index is 12.6. The number of nitrogens with zero attached hydrogens (tertiary/aromatic N) is 2. The van der Waals surface area contributed by atoms with Crippen molar-refractivity contribution in [2.24, 2.45) is 0 Å². The van der Waals surface area contributed by atoms with E-state index in [1.165, 1.54) is 11.8 Å². The van der Waals surface area contributed by atoms with Crippen LogP contribution in [0.15, 0.2) is 23.2 Å². The van der Waals surface area contributed by atoms with Crippen LogP contribution >= 0.6 is 11.8 Å². The smallest absolute Gasteiger partial charge is 0.237 e. The lowest BCUT2D eigenvalue weighted by atomic mass is 10.1. The average molecular weight is 383 g/mol. The number of ether oxygens (including phenoxy) is 2. The number of nitrogens with one attached hydrogen (secondary N) is 1. The lowest BCUT2D eigenvalue weighted by molar-refractivity contribution is -0.115. The Balaban J connectivity index is 1.74. The van der Waals surface area contributed by atoms with E-state index >= 15 is 0 Å². The normalized spacial score (nSPS) is 13.6. The van der Waals surface area contributed by atoms with Crippen molar-refractivity contribution in [1.29, 1.82) is 5.26 Å². The van der Waals surface area contributed by atoms with Gasteiger partial charge in [-0.05, 0) is 51.0 Å². The predicted molar refractivity (Wildman–Crippen MR) is 105 cm³/mol. The molecule has 0 aliphatic carbocycles. The zero-order valence-electron chi connectivity index (χ0n) is 15.8. The second-order valence-electron chi connectivity index (χ2n) is 6.35. The first kappa shape index (κ1) is 19.1. The van der Waals surface area contributed by atoms with Crippen LogP contribution in [0, 0.1) is 32.1 Å². The van der Waals surface area contributed by atoms with Gasteiger partial charge in [-0.3, -0.25) is 4.79 Å². The molecule has 2 heterocycles. The molecule has 0 bridgehead atoms. The number of carbonyl (C=O) groups excluding carboxylic acids is 1. The zero-order chi connectivity index (χ0) is 19.6. The lowest BCUT2D eigenvalue weighted by Gasteiger charge is -2.19. The number of hydrogen-bond donors (Lipinski definition) is 1. The highest BCUT2D eigenvalue weighted by molar-refractivity contribution is 8.00. The Morgan fingerprint density at radius 1 is 1.22 bits per heavy atom. The summed E-state index contributed by atoms with van der Waals surface area (Å²) in [6.45, 7) is 8.58. The zero-order valence-corrected chi connectivity index (χ0v) is 16.6. The molecule has 1 aliphatic rings. The average Bonchev–Trinajstić information content (AvgIpc) is 2.66. The molecule has 1 aliphatic heterocycles. The summed E-state index contributed by atoms with van der Waals surface area (Å²) in [4.78, 5) is 17.1. The van der Waals surface area contributed by atoms with Gasteiger partial charge in [0.2, 0.25) is 5.91 Å². The molecular weight excluding hydrogens is 362 g/mol. The quantitative estimate of drug-likeness (QED) is 0.809. The van der Waals surface area contributed by atoms with Gasteiger partial charge in [-0.1, -0.05) is 11.8 Å². The maximum Gasteiger partial charge on any atom is 0.237 e. The number of pyridine rings is 1. The Kier molecular flexibility index (Phi) is 5.57. The molecule has 1 amide bonds.